The molecular formula is C27H34N6O5. The number of esters is 1. The molecule has 4 aromatic rings. The Labute approximate surface area is 220 Å². The maximum absolute atomic E-state index is 13.5. The van der Waals surface area contributed by atoms with E-state index in [4.69, 9.17) is 14.5 Å². The van der Waals surface area contributed by atoms with Gasteiger partial charge in [-0.2, -0.15) is 5.10 Å². The molecule has 0 fully saturated rings. The first kappa shape index (κ1) is 27.1. The minimum absolute atomic E-state index is 0.0996. The molecule has 0 radical (unpaired) electrons. The van der Waals surface area contributed by atoms with Crippen molar-refractivity contribution >= 4 is 17.1 Å². The number of carbonyl (C=O) groups is 1. The highest BCUT2D eigenvalue weighted by Gasteiger charge is 2.23. The number of fused-ring (bicyclic) bond motifs is 1. The van der Waals surface area contributed by atoms with Gasteiger partial charge in [0, 0.05) is 25.7 Å². The van der Waals surface area contributed by atoms with Crippen LogP contribution in [0.25, 0.3) is 22.6 Å². The number of aryl methyl sites for hydroxylation is 2. The summed E-state index contributed by atoms with van der Waals surface area (Å²) in [5.74, 6) is 0.0779. The van der Waals surface area contributed by atoms with Crippen LogP contribution in [0.5, 0.6) is 0 Å². The van der Waals surface area contributed by atoms with Gasteiger partial charge in [-0.05, 0) is 32.3 Å². The Morgan fingerprint density at radius 1 is 1.05 bits per heavy atom. The molecule has 38 heavy (non-hydrogen) atoms. The Balaban J connectivity index is 1.77. The SMILES string of the molecule is CCCC(=O)OCOCn1c(-c2cnn(Cc3cccc(C)c3)c2)nc2c1c(=O)n(CCC)c(=O)n2CC. The third-order valence-electron chi connectivity index (χ3n) is 6.17. The molecule has 0 bridgehead atoms. The van der Waals surface area contributed by atoms with Gasteiger partial charge in [0.2, 0.25) is 0 Å². The summed E-state index contributed by atoms with van der Waals surface area (Å²) in [6.07, 6.45) is 5.12. The van der Waals surface area contributed by atoms with Crippen molar-refractivity contribution < 1.29 is 14.3 Å². The maximum Gasteiger partial charge on any atom is 0.332 e. The minimum atomic E-state index is -0.436. The summed E-state index contributed by atoms with van der Waals surface area (Å²) in [4.78, 5) is 43.1. The summed E-state index contributed by atoms with van der Waals surface area (Å²) in [5, 5.41) is 4.50. The largest absolute Gasteiger partial charge is 0.438 e. The molecule has 3 aromatic heterocycles. The molecule has 11 heteroatoms. The van der Waals surface area contributed by atoms with Crippen LogP contribution >= 0.6 is 0 Å². The zero-order valence-corrected chi connectivity index (χ0v) is 22.3. The predicted molar refractivity (Wildman–Crippen MR) is 143 cm³/mol. The quantitative estimate of drug-likeness (QED) is 0.159. The fraction of sp³-hybridized carbons (Fsp3) is 0.444. The van der Waals surface area contributed by atoms with Gasteiger partial charge in [-0.1, -0.05) is 43.7 Å². The zero-order valence-electron chi connectivity index (χ0n) is 22.3. The Bertz CT molecular complexity index is 1540. The lowest BCUT2D eigenvalue weighted by atomic mass is 10.1. The molecule has 0 aliphatic heterocycles. The summed E-state index contributed by atoms with van der Waals surface area (Å²) in [5.41, 5.74) is 2.63. The van der Waals surface area contributed by atoms with E-state index in [1.54, 1.807) is 15.4 Å². The lowest BCUT2D eigenvalue weighted by Gasteiger charge is -2.12. The Morgan fingerprint density at radius 2 is 1.87 bits per heavy atom. The van der Waals surface area contributed by atoms with E-state index < -0.39 is 11.2 Å². The lowest BCUT2D eigenvalue weighted by molar-refractivity contribution is -0.159. The van der Waals surface area contributed by atoms with E-state index in [2.05, 4.69) is 11.2 Å². The Hall–Kier alpha value is -3.99. The van der Waals surface area contributed by atoms with E-state index in [0.29, 0.717) is 43.7 Å². The molecule has 0 saturated heterocycles. The molecule has 0 saturated carbocycles. The molecule has 0 spiro atoms. The standard InChI is InChI=1S/C27H34N6O5/c1-5-9-22(34)38-18-37-17-33-23-25(31(7-3)27(36)32(12-6-2)26(23)35)29-24(33)21-14-28-30(16-21)15-20-11-8-10-19(4)13-20/h8,10-11,13-14,16H,5-7,9,12,15,17-18H2,1-4H3. The van der Waals surface area contributed by atoms with Crippen molar-refractivity contribution in [2.75, 3.05) is 6.79 Å². The van der Waals surface area contributed by atoms with Crippen LogP contribution in [-0.2, 0) is 40.6 Å². The summed E-state index contributed by atoms with van der Waals surface area (Å²) in [6.45, 7) is 8.51. The number of ether oxygens (including phenoxy) is 2. The first-order valence-corrected chi connectivity index (χ1v) is 12.9. The minimum Gasteiger partial charge on any atom is -0.438 e. The normalized spacial score (nSPS) is 11.4. The van der Waals surface area contributed by atoms with Crippen LogP contribution in [0.15, 0.2) is 46.2 Å². The van der Waals surface area contributed by atoms with Crippen LogP contribution in [0, 0.1) is 6.92 Å². The fourth-order valence-electron chi connectivity index (χ4n) is 4.42. The van der Waals surface area contributed by atoms with Crippen molar-refractivity contribution in [3.05, 3.63) is 68.6 Å². The van der Waals surface area contributed by atoms with Crippen LogP contribution in [0.4, 0.5) is 0 Å². The molecule has 4 rings (SSSR count). The van der Waals surface area contributed by atoms with Gasteiger partial charge >= 0.3 is 11.7 Å². The number of rotatable bonds is 12. The number of hydrogen-bond acceptors (Lipinski definition) is 7. The summed E-state index contributed by atoms with van der Waals surface area (Å²) < 4.78 is 16.9. The Kier molecular flexibility index (Phi) is 8.57. The fourth-order valence-corrected chi connectivity index (χ4v) is 4.42. The number of carbonyl (C=O) groups excluding carboxylic acids is 1. The molecule has 0 atom stereocenters. The summed E-state index contributed by atoms with van der Waals surface area (Å²) in [6, 6.07) is 8.18. The van der Waals surface area contributed by atoms with Crippen LogP contribution in [0.1, 0.15) is 51.2 Å². The van der Waals surface area contributed by atoms with E-state index in [-0.39, 0.29) is 37.2 Å². The van der Waals surface area contributed by atoms with Gasteiger partial charge < -0.3 is 9.47 Å². The van der Waals surface area contributed by atoms with E-state index in [0.717, 1.165) is 11.1 Å². The smallest absolute Gasteiger partial charge is 0.332 e. The average Bonchev–Trinajstić information content (AvgIpc) is 3.50. The van der Waals surface area contributed by atoms with Gasteiger partial charge in [-0.3, -0.25) is 28.0 Å². The number of imidazole rings is 1. The molecule has 3 heterocycles. The van der Waals surface area contributed by atoms with Gasteiger partial charge in [0.05, 0.1) is 18.3 Å². The highest BCUT2D eigenvalue weighted by atomic mass is 16.7. The van der Waals surface area contributed by atoms with Crippen molar-refractivity contribution in [3.63, 3.8) is 0 Å². The molecule has 202 valence electrons. The van der Waals surface area contributed by atoms with Gasteiger partial charge in [-0.25, -0.2) is 9.78 Å². The third kappa shape index (κ3) is 5.62. The molecule has 11 nitrogen and oxygen atoms in total. The van der Waals surface area contributed by atoms with Gasteiger partial charge in [-0.15, -0.1) is 0 Å². The number of aromatic nitrogens is 6. The molecular weight excluding hydrogens is 488 g/mol. The van der Waals surface area contributed by atoms with Crippen molar-refractivity contribution in [3.8, 4) is 11.4 Å². The third-order valence-corrected chi connectivity index (χ3v) is 6.17. The van der Waals surface area contributed by atoms with Crippen LogP contribution in [0.3, 0.4) is 0 Å². The van der Waals surface area contributed by atoms with Crippen molar-refractivity contribution in [1.82, 2.24) is 28.5 Å². The topological polar surface area (TPSA) is 115 Å². The first-order chi connectivity index (χ1) is 18.4. The van der Waals surface area contributed by atoms with Gasteiger partial charge in [0.1, 0.15) is 12.6 Å². The summed E-state index contributed by atoms with van der Waals surface area (Å²) in [7, 11) is 0. The number of benzene rings is 1. The molecule has 0 N–H and O–H groups in total. The second-order valence-corrected chi connectivity index (χ2v) is 9.15. The van der Waals surface area contributed by atoms with Gasteiger partial charge in [0.15, 0.2) is 18.0 Å². The molecule has 1 aromatic carbocycles. The van der Waals surface area contributed by atoms with Crippen LogP contribution in [0.2, 0.25) is 0 Å². The summed E-state index contributed by atoms with van der Waals surface area (Å²) >= 11 is 0. The second-order valence-electron chi connectivity index (χ2n) is 9.15. The van der Waals surface area contributed by atoms with E-state index in [1.807, 2.05) is 52.1 Å². The highest BCUT2D eigenvalue weighted by Crippen LogP contribution is 2.23. The molecule has 0 aliphatic rings. The van der Waals surface area contributed by atoms with E-state index >= 15 is 0 Å². The van der Waals surface area contributed by atoms with E-state index in [9.17, 15) is 14.4 Å². The van der Waals surface area contributed by atoms with Crippen LogP contribution < -0.4 is 11.2 Å². The first-order valence-electron chi connectivity index (χ1n) is 12.9. The second kappa shape index (κ2) is 12.0. The van der Waals surface area contributed by atoms with Crippen molar-refractivity contribution in [2.24, 2.45) is 0 Å². The molecule has 0 unspecified atom stereocenters. The van der Waals surface area contributed by atoms with Crippen molar-refractivity contribution in [2.45, 2.75) is 73.3 Å². The monoisotopic (exact) mass is 522 g/mol. The highest BCUT2D eigenvalue weighted by molar-refractivity contribution is 5.76. The lowest BCUT2D eigenvalue weighted by Crippen LogP contribution is -2.40. The molecule has 0 amide bonds. The predicted octanol–water partition coefficient (Wildman–Crippen LogP) is 3.28. The zero-order chi connectivity index (χ0) is 27.2. The van der Waals surface area contributed by atoms with E-state index in [1.165, 1.54) is 9.13 Å². The maximum atomic E-state index is 13.5. The van der Waals surface area contributed by atoms with Crippen molar-refractivity contribution in [1.29, 1.82) is 0 Å². The Morgan fingerprint density at radius 3 is 2.58 bits per heavy atom. The van der Waals surface area contributed by atoms with Crippen LogP contribution in [-0.4, -0.2) is 41.2 Å². The average molecular weight is 523 g/mol. The number of hydrogen-bond donors (Lipinski definition) is 0. The molecule has 0 aliphatic carbocycles. The van der Waals surface area contributed by atoms with Gasteiger partial charge in [0.25, 0.3) is 5.56 Å². The number of nitrogens with zero attached hydrogens (tertiary/aromatic N) is 6.